The van der Waals surface area contributed by atoms with E-state index in [1.807, 2.05) is 31.2 Å². The number of carbonyl (C=O) groups is 2. The summed E-state index contributed by atoms with van der Waals surface area (Å²) in [5.74, 6) is -0.988. The van der Waals surface area contributed by atoms with Crippen LogP contribution in [-0.2, 0) is 22.7 Å². The molecule has 3 aromatic rings. The highest BCUT2D eigenvalue weighted by molar-refractivity contribution is 5.89. The zero-order valence-corrected chi connectivity index (χ0v) is 16.7. The lowest BCUT2D eigenvalue weighted by atomic mass is 10.1. The quantitative estimate of drug-likeness (QED) is 0.684. The molecule has 30 heavy (non-hydrogen) atoms. The van der Waals surface area contributed by atoms with Crippen molar-refractivity contribution in [3.8, 4) is 5.69 Å². The monoisotopic (exact) mass is 406 g/mol. The summed E-state index contributed by atoms with van der Waals surface area (Å²) in [6, 6.07) is 12.8. The van der Waals surface area contributed by atoms with E-state index in [2.05, 4.69) is 10.3 Å². The number of rotatable bonds is 6. The van der Waals surface area contributed by atoms with Crippen LogP contribution in [0.15, 0.2) is 61.2 Å². The summed E-state index contributed by atoms with van der Waals surface area (Å²) in [5.41, 5.74) is 3.27. The van der Waals surface area contributed by atoms with Crippen LogP contribution < -0.4 is 5.32 Å². The van der Waals surface area contributed by atoms with E-state index in [4.69, 9.17) is 0 Å². The SMILES string of the molecule is Cc1ccc(CN2CC(C(=O)NCc3ccc(-n4ccnc4)c(F)c3)CC2=O)cc1. The lowest BCUT2D eigenvalue weighted by molar-refractivity contribution is -0.129. The van der Waals surface area contributed by atoms with Gasteiger partial charge in [0.05, 0.1) is 17.9 Å². The Balaban J connectivity index is 1.32. The molecular formula is C23H23FN4O2. The average molecular weight is 406 g/mol. The highest BCUT2D eigenvalue weighted by Gasteiger charge is 2.34. The van der Waals surface area contributed by atoms with Crippen molar-refractivity contribution in [1.29, 1.82) is 0 Å². The number of hydrogen-bond acceptors (Lipinski definition) is 3. The van der Waals surface area contributed by atoms with E-state index in [0.717, 1.165) is 5.56 Å². The van der Waals surface area contributed by atoms with E-state index in [1.54, 1.807) is 34.0 Å². The van der Waals surface area contributed by atoms with Crippen LogP contribution in [0.25, 0.3) is 5.69 Å². The fourth-order valence-corrected chi connectivity index (χ4v) is 3.62. The van der Waals surface area contributed by atoms with Crippen LogP contribution in [0.2, 0.25) is 0 Å². The standard InChI is InChI=1S/C23H23FN4O2/c1-16-2-4-17(5-3-16)13-28-14-19(11-22(28)29)23(30)26-12-18-6-7-21(20(24)10-18)27-9-8-25-15-27/h2-10,15,19H,11-14H2,1H3,(H,26,30). The van der Waals surface area contributed by atoms with Crippen LogP contribution in [0.3, 0.4) is 0 Å². The molecule has 1 saturated heterocycles. The fourth-order valence-electron chi connectivity index (χ4n) is 3.62. The summed E-state index contributed by atoms with van der Waals surface area (Å²) < 4.78 is 15.9. The lowest BCUT2D eigenvalue weighted by Gasteiger charge is -2.17. The van der Waals surface area contributed by atoms with Gasteiger partial charge in [-0.15, -0.1) is 0 Å². The Morgan fingerprint density at radius 2 is 1.97 bits per heavy atom. The molecule has 1 aromatic heterocycles. The molecule has 0 aliphatic carbocycles. The maximum absolute atomic E-state index is 14.4. The number of carbonyl (C=O) groups excluding carboxylic acids is 2. The van der Waals surface area contributed by atoms with Gasteiger partial charge in [-0.3, -0.25) is 9.59 Å². The summed E-state index contributed by atoms with van der Waals surface area (Å²) in [6.45, 7) is 3.13. The number of nitrogens with zero attached hydrogens (tertiary/aromatic N) is 3. The minimum Gasteiger partial charge on any atom is -0.352 e. The van der Waals surface area contributed by atoms with Gasteiger partial charge in [0.15, 0.2) is 0 Å². The van der Waals surface area contributed by atoms with Crippen molar-refractivity contribution in [3.63, 3.8) is 0 Å². The summed E-state index contributed by atoms with van der Waals surface area (Å²) in [5, 5.41) is 2.83. The van der Waals surface area contributed by atoms with Crippen molar-refractivity contribution in [2.75, 3.05) is 6.54 Å². The molecule has 154 valence electrons. The Hall–Kier alpha value is -3.48. The highest BCUT2D eigenvalue weighted by Crippen LogP contribution is 2.21. The maximum Gasteiger partial charge on any atom is 0.225 e. The number of hydrogen-bond donors (Lipinski definition) is 1. The van der Waals surface area contributed by atoms with Crippen molar-refractivity contribution in [3.05, 3.63) is 83.7 Å². The number of amides is 2. The Morgan fingerprint density at radius 3 is 2.67 bits per heavy atom. The van der Waals surface area contributed by atoms with Crippen LogP contribution in [0, 0.1) is 18.7 Å². The van der Waals surface area contributed by atoms with Crippen LogP contribution >= 0.6 is 0 Å². The topological polar surface area (TPSA) is 67.2 Å². The van der Waals surface area contributed by atoms with Crippen molar-refractivity contribution in [1.82, 2.24) is 19.8 Å². The van der Waals surface area contributed by atoms with Crippen LogP contribution in [0.4, 0.5) is 4.39 Å². The molecule has 0 radical (unpaired) electrons. The Morgan fingerprint density at radius 1 is 1.20 bits per heavy atom. The minimum absolute atomic E-state index is 0.0218. The van der Waals surface area contributed by atoms with Crippen LogP contribution in [0.1, 0.15) is 23.1 Å². The number of nitrogens with one attached hydrogen (secondary N) is 1. The van der Waals surface area contributed by atoms with E-state index in [1.165, 1.54) is 18.0 Å². The van der Waals surface area contributed by atoms with E-state index in [9.17, 15) is 14.0 Å². The number of aromatic nitrogens is 2. The summed E-state index contributed by atoms with van der Waals surface area (Å²) in [4.78, 5) is 30.5. The molecule has 1 aliphatic rings. The molecule has 6 nitrogen and oxygen atoms in total. The van der Waals surface area contributed by atoms with E-state index >= 15 is 0 Å². The Bertz CT molecular complexity index is 1050. The highest BCUT2D eigenvalue weighted by atomic mass is 19.1. The van der Waals surface area contributed by atoms with Gasteiger partial charge < -0.3 is 14.8 Å². The number of benzene rings is 2. The van der Waals surface area contributed by atoms with E-state index in [-0.39, 0.29) is 30.6 Å². The van der Waals surface area contributed by atoms with Crippen molar-refractivity contribution < 1.29 is 14.0 Å². The van der Waals surface area contributed by atoms with Gasteiger partial charge in [0.2, 0.25) is 11.8 Å². The normalized spacial score (nSPS) is 16.1. The smallest absolute Gasteiger partial charge is 0.225 e. The van der Waals surface area contributed by atoms with Crippen molar-refractivity contribution >= 4 is 11.8 Å². The minimum atomic E-state index is -0.391. The Kier molecular flexibility index (Phi) is 5.61. The van der Waals surface area contributed by atoms with Gasteiger partial charge in [-0.05, 0) is 30.2 Å². The fraction of sp³-hybridized carbons (Fsp3) is 0.261. The first-order valence-corrected chi connectivity index (χ1v) is 9.87. The lowest BCUT2D eigenvalue weighted by Crippen LogP contribution is -2.32. The maximum atomic E-state index is 14.4. The third kappa shape index (κ3) is 4.40. The molecule has 2 amide bonds. The van der Waals surface area contributed by atoms with Crippen LogP contribution in [0.5, 0.6) is 0 Å². The number of aryl methyl sites for hydroxylation is 1. The molecule has 0 saturated carbocycles. The van der Waals surface area contributed by atoms with Gasteiger partial charge in [-0.2, -0.15) is 0 Å². The van der Waals surface area contributed by atoms with Gasteiger partial charge in [0.25, 0.3) is 0 Å². The van der Waals surface area contributed by atoms with Gasteiger partial charge in [0.1, 0.15) is 5.82 Å². The summed E-state index contributed by atoms with van der Waals surface area (Å²) in [6.07, 6.45) is 4.98. The van der Waals surface area contributed by atoms with Crippen molar-refractivity contribution in [2.24, 2.45) is 5.92 Å². The molecule has 7 heteroatoms. The number of halogens is 1. The third-order valence-electron chi connectivity index (χ3n) is 5.34. The average Bonchev–Trinajstić information content (AvgIpc) is 3.38. The third-order valence-corrected chi connectivity index (χ3v) is 5.34. The zero-order valence-electron chi connectivity index (χ0n) is 16.7. The van der Waals surface area contributed by atoms with Gasteiger partial charge >= 0.3 is 0 Å². The molecule has 1 aliphatic heterocycles. The number of imidazole rings is 1. The van der Waals surface area contributed by atoms with Gasteiger partial charge in [-0.25, -0.2) is 9.37 Å². The second-order valence-electron chi connectivity index (χ2n) is 7.63. The molecule has 2 heterocycles. The van der Waals surface area contributed by atoms with Crippen molar-refractivity contribution in [2.45, 2.75) is 26.4 Å². The molecule has 1 fully saturated rings. The van der Waals surface area contributed by atoms with E-state index < -0.39 is 5.92 Å². The molecule has 0 bridgehead atoms. The summed E-state index contributed by atoms with van der Waals surface area (Å²) in [7, 11) is 0. The largest absolute Gasteiger partial charge is 0.352 e. The van der Waals surface area contributed by atoms with E-state index in [0.29, 0.717) is 24.3 Å². The Labute approximate surface area is 174 Å². The summed E-state index contributed by atoms with van der Waals surface area (Å²) >= 11 is 0. The molecule has 0 spiro atoms. The van der Waals surface area contributed by atoms with Gasteiger partial charge in [0, 0.05) is 38.4 Å². The zero-order chi connectivity index (χ0) is 21.1. The predicted molar refractivity (Wildman–Crippen MR) is 110 cm³/mol. The van der Waals surface area contributed by atoms with Gasteiger partial charge in [-0.1, -0.05) is 35.9 Å². The first kappa shape index (κ1) is 19.8. The first-order valence-electron chi connectivity index (χ1n) is 9.87. The first-order chi connectivity index (χ1) is 14.5. The number of likely N-dealkylation sites (tertiary alicyclic amines) is 1. The second-order valence-corrected chi connectivity index (χ2v) is 7.63. The molecule has 2 aromatic carbocycles. The molecule has 1 unspecified atom stereocenters. The molecule has 1 N–H and O–H groups in total. The molecule has 4 rings (SSSR count). The molecular weight excluding hydrogens is 383 g/mol. The van der Waals surface area contributed by atoms with Crippen LogP contribution in [-0.4, -0.2) is 32.8 Å². The second kappa shape index (κ2) is 8.49. The molecule has 1 atom stereocenters. The predicted octanol–water partition coefficient (Wildman–Crippen LogP) is 2.98.